The molecule has 0 aliphatic carbocycles. The number of halogens is 1. The molecule has 12 heavy (non-hydrogen) atoms. The van der Waals surface area contributed by atoms with Gasteiger partial charge in [-0.2, -0.15) is 0 Å². The summed E-state index contributed by atoms with van der Waals surface area (Å²) in [5, 5.41) is 0. The van der Waals surface area contributed by atoms with Crippen molar-refractivity contribution >= 4 is 5.97 Å². The van der Waals surface area contributed by atoms with Gasteiger partial charge in [0.15, 0.2) is 0 Å². The largest absolute Gasteiger partial charge is 0.465 e. The Morgan fingerprint density at radius 3 is 2.83 bits per heavy atom. The molecule has 0 radical (unpaired) electrons. The average molecular weight is 169 g/mol. The summed E-state index contributed by atoms with van der Waals surface area (Å²) in [7, 11) is 1.20. The summed E-state index contributed by atoms with van der Waals surface area (Å²) in [5.41, 5.74) is 0.392. The van der Waals surface area contributed by atoms with Gasteiger partial charge in [-0.1, -0.05) is 0 Å². The first-order chi connectivity index (χ1) is 5.65. The van der Waals surface area contributed by atoms with Gasteiger partial charge < -0.3 is 4.74 Å². The molecule has 64 valence electrons. The second-order valence-electron chi connectivity index (χ2n) is 2.30. The van der Waals surface area contributed by atoms with Gasteiger partial charge in [0.25, 0.3) is 0 Å². The van der Waals surface area contributed by atoms with E-state index in [0.29, 0.717) is 5.69 Å². The highest BCUT2D eigenvalue weighted by atomic mass is 19.1. The number of ether oxygens (including phenoxy) is 1. The summed E-state index contributed by atoms with van der Waals surface area (Å²) in [4.78, 5) is 14.6. The number of aryl methyl sites for hydroxylation is 1. The number of esters is 1. The zero-order valence-electron chi connectivity index (χ0n) is 6.80. The molecule has 0 aromatic carbocycles. The van der Waals surface area contributed by atoms with Gasteiger partial charge in [-0.3, -0.25) is 4.98 Å². The first kappa shape index (κ1) is 8.64. The van der Waals surface area contributed by atoms with Crippen LogP contribution < -0.4 is 0 Å². The zero-order chi connectivity index (χ0) is 9.14. The normalized spacial score (nSPS) is 9.58. The van der Waals surface area contributed by atoms with Crippen LogP contribution in [0, 0.1) is 12.7 Å². The number of hydrogen-bond donors (Lipinski definition) is 0. The minimum atomic E-state index is -0.708. The van der Waals surface area contributed by atoms with Crippen LogP contribution in [0.4, 0.5) is 4.39 Å². The standard InChI is InChI=1S/C8H8FNO2/c1-5-3-7(9)6(4-10-5)8(11)12-2/h3-4H,1-2H3. The molecule has 0 saturated carbocycles. The molecule has 0 atom stereocenters. The first-order valence-electron chi connectivity index (χ1n) is 3.35. The number of aromatic nitrogens is 1. The highest BCUT2D eigenvalue weighted by Crippen LogP contribution is 2.07. The van der Waals surface area contributed by atoms with Crippen molar-refractivity contribution in [2.45, 2.75) is 6.92 Å². The molecule has 3 nitrogen and oxygen atoms in total. The van der Waals surface area contributed by atoms with Crippen LogP contribution in [0.25, 0.3) is 0 Å². The van der Waals surface area contributed by atoms with Crippen LogP contribution in [-0.4, -0.2) is 18.1 Å². The molecule has 0 saturated heterocycles. The van der Waals surface area contributed by atoms with E-state index >= 15 is 0 Å². The Morgan fingerprint density at radius 1 is 1.67 bits per heavy atom. The number of pyridine rings is 1. The molecule has 1 aromatic heterocycles. The van der Waals surface area contributed by atoms with Gasteiger partial charge in [-0.15, -0.1) is 0 Å². The van der Waals surface area contributed by atoms with Gasteiger partial charge in [-0.25, -0.2) is 9.18 Å². The molecular formula is C8H8FNO2. The van der Waals surface area contributed by atoms with Crippen molar-refractivity contribution in [3.05, 3.63) is 29.3 Å². The second kappa shape index (κ2) is 3.30. The van der Waals surface area contributed by atoms with E-state index in [0.717, 1.165) is 6.20 Å². The van der Waals surface area contributed by atoms with Crippen LogP contribution >= 0.6 is 0 Å². The predicted molar refractivity (Wildman–Crippen MR) is 40.3 cm³/mol. The highest BCUT2D eigenvalue weighted by Gasteiger charge is 2.11. The lowest BCUT2D eigenvalue weighted by atomic mass is 10.2. The van der Waals surface area contributed by atoms with E-state index in [4.69, 9.17) is 0 Å². The molecule has 0 unspecified atom stereocenters. The molecular weight excluding hydrogens is 161 g/mol. The van der Waals surface area contributed by atoms with Gasteiger partial charge in [0.1, 0.15) is 11.4 Å². The van der Waals surface area contributed by atoms with Crippen LogP contribution in [0.1, 0.15) is 16.1 Å². The summed E-state index contributed by atoms with van der Waals surface area (Å²) < 4.78 is 17.3. The molecule has 1 heterocycles. The van der Waals surface area contributed by atoms with Crippen LogP contribution in [0.3, 0.4) is 0 Å². The molecule has 0 bridgehead atoms. The fraction of sp³-hybridized carbons (Fsp3) is 0.250. The SMILES string of the molecule is COC(=O)c1cnc(C)cc1F. The van der Waals surface area contributed by atoms with E-state index in [2.05, 4.69) is 9.72 Å². The Bertz CT molecular complexity index is 312. The van der Waals surface area contributed by atoms with Gasteiger partial charge in [0.05, 0.1) is 7.11 Å². The van der Waals surface area contributed by atoms with E-state index < -0.39 is 11.8 Å². The molecule has 0 aliphatic rings. The number of nitrogens with zero attached hydrogens (tertiary/aromatic N) is 1. The zero-order valence-corrected chi connectivity index (χ0v) is 6.80. The fourth-order valence-corrected chi connectivity index (χ4v) is 0.787. The minimum absolute atomic E-state index is 0.136. The third-order valence-corrected chi connectivity index (χ3v) is 1.40. The number of carbonyl (C=O) groups is 1. The third kappa shape index (κ3) is 1.58. The van der Waals surface area contributed by atoms with Crippen LogP contribution in [-0.2, 0) is 4.74 Å². The van der Waals surface area contributed by atoms with E-state index in [9.17, 15) is 9.18 Å². The highest BCUT2D eigenvalue weighted by molar-refractivity contribution is 5.89. The molecule has 1 rings (SSSR count). The van der Waals surface area contributed by atoms with Crippen molar-refractivity contribution in [3.8, 4) is 0 Å². The number of methoxy groups -OCH3 is 1. The van der Waals surface area contributed by atoms with Gasteiger partial charge >= 0.3 is 5.97 Å². The fourth-order valence-electron chi connectivity index (χ4n) is 0.787. The van der Waals surface area contributed by atoms with Crippen molar-refractivity contribution in [3.63, 3.8) is 0 Å². The second-order valence-corrected chi connectivity index (χ2v) is 2.30. The summed E-state index contributed by atoms with van der Waals surface area (Å²) in [5.74, 6) is -1.31. The summed E-state index contributed by atoms with van der Waals surface area (Å²) >= 11 is 0. The Labute approximate surface area is 69.2 Å². The van der Waals surface area contributed by atoms with E-state index in [1.165, 1.54) is 13.2 Å². The monoisotopic (exact) mass is 169 g/mol. The Balaban J connectivity index is 3.09. The lowest BCUT2D eigenvalue weighted by molar-refractivity contribution is 0.0595. The van der Waals surface area contributed by atoms with Crippen LogP contribution in [0.2, 0.25) is 0 Å². The third-order valence-electron chi connectivity index (χ3n) is 1.40. The minimum Gasteiger partial charge on any atom is -0.465 e. The molecule has 0 amide bonds. The first-order valence-corrected chi connectivity index (χ1v) is 3.35. The van der Waals surface area contributed by atoms with E-state index in [1.807, 2.05) is 0 Å². The number of carbonyl (C=O) groups excluding carboxylic acids is 1. The summed E-state index contributed by atoms with van der Waals surface area (Å²) in [6.45, 7) is 1.64. The predicted octanol–water partition coefficient (Wildman–Crippen LogP) is 1.32. The molecule has 4 heteroatoms. The number of rotatable bonds is 1. The van der Waals surface area contributed by atoms with Gasteiger partial charge in [-0.05, 0) is 13.0 Å². The Kier molecular flexibility index (Phi) is 2.38. The van der Waals surface area contributed by atoms with Crippen LogP contribution in [0.5, 0.6) is 0 Å². The summed E-state index contributed by atoms with van der Waals surface area (Å²) in [6, 6.07) is 1.19. The molecule has 1 aromatic rings. The summed E-state index contributed by atoms with van der Waals surface area (Å²) in [6.07, 6.45) is 1.16. The topological polar surface area (TPSA) is 39.2 Å². The van der Waals surface area contributed by atoms with Crippen molar-refractivity contribution in [2.75, 3.05) is 7.11 Å². The molecule has 0 fully saturated rings. The van der Waals surface area contributed by atoms with E-state index in [-0.39, 0.29) is 5.56 Å². The number of hydrogen-bond acceptors (Lipinski definition) is 3. The van der Waals surface area contributed by atoms with Crippen molar-refractivity contribution in [1.29, 1.82) is 0 Å². The van der Waals surface area contributed by atoms with E-state index in [1.54, 1.807) is 6.92 Å². The van der Waals surface area contributed by atoms with Gasteiger partial charge in [0.2, 0.25) is 0 Å². The maximum absolute atomic E-state index is 12.9. The molecule has 0 aliphatic heterocycles. The van der Waals surface area contributed by atoms with Crippen molar-refractivity contribution in [1.82, 2.24) is 4.98 Å². The molecule has 0 spiro atoms. The van der Waals surface area contributed by atoms with Crippen molar-refractivity contribution < 1.29 is 13.9 Å². The lowest BCUT2D eigenvalue weighted by Crippen LogP contribution is -2.05. The van der Waals surface area contributed by atoms with Crippen LogP contribution in [0.15, 0.2) is 12.3 Å². The van der Waals surface area contributed by atoms with Crippen molar-refractivity contribution in [2.24, 2.45) is 0 Å². The lowest BCUT2D eigenvalue weighted by Gasteiger charge is -2.00. The quantitative estimate of drug-likeness (QED) is 0.595. The smallest absolute Gasteiger partial charge is 0.342 e. The maximum atomic E-state index is 12.9. The van der Waals surface area contributed by atoms with Gasteiger partial charge in [0, 0.05) is 11.9 Å². The Hall–Kier alpha value is -1.45. The molecule has 0 N–H and O–H groups in total. The Morgan fingerprint density at radius 2 is 2.33 bits per heavy atom. The average Bonchev–Trinajstić information content (AvgIpc) is 2.03. The maximum Gasteiger partial charge on any atom is 0.342 e.